The Hall–Kier alpha value is -3.67. The lowest BCUT2D eigenvalue weighted by Gasteiger charge is -2.29. The highest BCUT2D eigenvalue weighted by molar-refractivity contribution is 7.98. The van der Waals surface area contributed by atoms with Gasteiger partial charge in [-0.2, -0.15) is 13.2 Å². The van der Waals surface area contributed by atoms with Gasteiger partial charge in [-0.15, -0.1) is 0 Å². The molecular weight excluding hydrogens is 576 g/mol. The van der Waals surface area contributed by atoms with Crippen LogP contribution >= 0.6 is 35.0 Å². The number of rotatable bonds is 5. The molecule has 1 aromatic heterocycles. The van der Waals surface area contributed by atoms with Gasteiger partial charge in [-0.1, -0.05) is 53.2 Å². The summed E-state index contributed by atoms with van der Waals surface area (Å²) in [5, 5.41) is 3.85. The van der Waals surface area contributed by atoms with Crippen LogP contribution in [0.4, 0.5) is 18.9 Å². The van der Waals surface area contributed by atoms with E-state index < -0.39 is 29.2 Å². The largest absolute Gasteiger partial charge is 0.456 e. The third-order valence-corrected chi connectivity index (χ3v) is 7.32. The Labute approximate surface area is 233 Å². The molecule has 0 saturated heterocycles. The molecule has 200 valence electrons. The van der Waals surface area contributed by atoms with Crippen LogP contribution in [0.2, 0.25) is 10.0 Å². The second-order valence-electron chi connectivity index (χ2n) is 8.51. The number of nitrogens with one attached hydrogen (secondary N) is 2. The number of nitrogens with two attached hydrogens (primary N) is 1. The molecule has 5 rings (SSSR count). The molecule has 39 heavy (non-hydrogen) atoms. The van der Waals surface area contributed by atoms with E-state index in [4.69, 9.17) is 33.7 Å². The molecule has 4 N–H and O–H groups in total. The third kappa shape index (κ3) is 5.70. The van der Waals surface area contributed by atoms with Crippen molar-refractivity contribution >= 4 is 46.6 Å². The molecule has 0 saturated carbocycles. The molecular formula is C26H17Cl2F3N4O3S. The van der Waals surface area contributed by atoms with Crippen molar-refractivity contribution in [1.29, 1.82) is 0 Å². The normalized spacial score (nSPS) is 12.8. The summed E-state index contributed by atoms with van der Waals surface area (Å²) < 4.78 is 45.3. The zero-order valence-corrected chi connectivity index (χ0v) is 21.9. The van der Waals surface area contributed by atoms with E-state index in [2.05, 4.69) is 15.3 Å². The van der Waals surface area contributed by atoms with E-state index in [0.29, 0.717) is 38.2 Å². The summed E-state index contributed by atoms with van der Waals surface area (Å²) in [7, 11) is 0. The third-order valence-electron chi connectivity index (χ3n) is 5.89. The molecule has 4 aromatic rings. The number of carbonyl (C=O) groups is 1. The predicted molar refractivity (Wildman–Crippen MR) is 143 cm³/mol. The molecule has 1 amide bonds. The van der Waals surface area contributed by atoms with Gasteiger partial charge in [0.05, 0.1) is 11.6 Å². The van der Waals surface area contributed by atoms with Gasteiger partial charge in [0.2, 0.25) is 0 Å². The summed E-state index contributed by atoms with van der Waals surface area (Å²) in [6.07, 6.45) is -3.47. The minimum Gasteiger partial charge on any atom is -0.456 e. The molecule has 1 aliphatic rings. The maximum Gasteiger partial charge on any atom is 0.418 e. The number of aromatic nitrogens is 2. The van der Waals surface area contributed by atoms with Gasteiger partial charge in [0, 0.05) is 38.8 Å². The number of hydrogen-bond donors (Lipinski definition) is 3. The van der Waals surface area contributed by atoms with Crippen LogP contribution in [0, 0.1) is 0 Å². The number of nitrogen functional groups attached to an aromatic ring is 1. The first kappa shape index (κ1) is 26.9. The molecule has 0 spiro atoms. The smallest absolute Gasteiger partial charge is 0.418 e. The van der Waals surface area contributed by atoms with Gasteiger partial charge in [0.25, 0.3) is 11.5 Å². The number of ether oxygens (including phenoxy) is 1. The first-order valence-electron chi connectivity index (χ1n) is 11.2. The maximum absolute atomic E-state index is 13.2. The van der Waals surface area contributed by atoms with Gasteiger partial charge in [-0.3, -0.25) is 9.59 Å². The highest BCUT2D eigenvalue weighted by Gasteiger charge is 2.33. The van der Waals surface area contributed by atoms with E-state index in [1.807, 2.05) is 0 Å². The van der Waals surface area contributed by atoms with E-state index in [1.165, 1.54) is 12.1 Å². The number of hydrogen-bond acceptors (Lipinski definition) is 6. The Kier molecular flexibility index (Phi) is 7.23. The average Bonchev–Trinajstić information content (AvgIpc) is 2.87. The Morgan fingerprint density at radius 3 is 2.28 bits per heavy atom. The summed E-state index contributed by atoms with van der Waals surface area (Å²) in [6.45, 7) is 0. The predicted octanol–water partition coefficient (Wildman–Crippen LogP) is 6.60. The monoisotopic (exact) mass is 592 g/mol. The SMILES string of the molecule is Nc1ccc(CSc2ncc(C(=O)NC3c4ccc(Cl)cc4Oc4cc(Cl)ccc43)c(=O)[nH]2)cc1C(F)(F)F. The number of alkyl halides is 3. The number of amides is 1. The number of aromatic amines is 1. The number of nitrogens with zero attached hydrogens (tertiary/aromatic N) is 1. The van der Waals surface area contributed by atoms with E-state index in [9.17, 15) is 22.8 Å². The van der Waals surface area contributed by atoms with Gasteiger partial charge in [0.15, 0.2) is 5.16 Å². The topological polar surface area (TPSA) is 110 Å². The molecule has 1 aliphatic heterocycles. The van der Waals surface area contributed by atoms with Gasteiger partial charge >= 0.3 is 6.18 Å². The minimum absolute atomic E-state index is 0.0819. The molecule has 0 aliphatic carbocycles. The first-order valence-corrected chi connectivity index (χ1v) is 13.0. The van der Waals surface area contributed by atoms with Crippen molar-refractivity contribution in [3.8, 4) is 11.5 Å². The van der Waals surface area contributed by atoms with Gasteiger partial charge < -0.3 is 20.8 Å². The fourth-order valence-corrected chi connectivity index (χ4v) is 5.12. The first-order chi connectivity index (χ1) is 18.5. The number of anilines is 1. The van der Waals surface area contributed by atoms with Crippen molar-refractivity contribution in [2.24, 2.45) is 0 Å². The van der Waals surface area contributed by atoms with E-state index in [1.54, 1.807) is 36.4 Å². The number of H-pyrrole nitrogens is 1. The van der Waals surface area contributed by atoms with Crippen molar-refractivity contribution in [3.05, 3.63) is 109 Å². The van der Waals surface area contributed by atoms with Crippen LogP contribution in [0.15, 0.2) is 70.7 Å². The van der Waals surface area contributed by atoms with Gasteiger partial charge in [0.1, 0.15) is 17.1 Å². The molecule has 7 nitrogen and oxygen atoms in total. The van der Waals surface area contributed by atoms with Crippen LogP contribution in [0.25, 0.3) is 0 Å². The van der Waals surface area contributed by atoms with Crippen molar-refractivity contribution in [1.82, 2.24) is 15.3 Å². The average molecular weight is 593 g/mol. The molecule has 2 heterocycles. The number of benzene rings is 3. The fraction of sp³-hybridized carbons (Fsp3) is 0.115. The summed E-state index contributed by atoms with van der Waals surface area (Å²) >= 11 is 13.2. The summed E-state index contributed by atoms with van der Waals surface area (Å²) in [4.78, 5) is 32.5. The Morgan fingerprint density at radius 1 is 1.05 bits per heavy atom. The summed E-state index contributed by atoms with van der Waals surface area (Å²) in [6, 6.07) is 12.9. The lowest BCUT2D eigenvalue weighted by atomic mass is 9.94. The molecule has 0 radical (unpaired) electrons. The maximum atomic E-state index is 13.2. The standard InChI is InChI=1S/C26H17Cl2F3N4O3S/c27-13-2-4-15-20(8-13)38-21-9-14(28)3-5-16(21)22(15)34-23(36)17-10-33-25(35-24(17)37)39-11-12-1-6-19(32)18(7-12)26(29,30)31/h1-10,22H,11,32H2,(H,34,36)(H,33,35,37). The number of thioether (sulfide) groups is 1. The van der Waals surface area contributed by atoms with E-state index in [0.717, 1.165) is 24.0 Å². The van der Waals surface area contributed by atoms with Crippen LogP contribution in [0.5, 0.6) is 11.5 Å². The Morgan fingerprint density at radius 2 is 1.69 bits per heavy atom. The number of carbonyl (C=O) groups excluding carboxylic acids is 1. The van der Waals surface area contributed by atoms with Crippen molar-refractivity contribution < 1.29 is 22.7 Å². The molecule has 0 unspecified atom stereocenters. The van der Waals surface area contributed by atoms with Crippen LogP contribution < -0.4 is 21.3 Å². The van der Waals surface area contributed by atoms with Crippen LogP contribution in [0.1, 0.15) is 38.7 Å². The second kappa shape index (κ2) is 10.5. The van der Waals surface area contributed by atoms with Crippen LogP contribution in [-0.4, -0.2) is 15.9 Å². The number of halogens is 5. The lowest BCUT2D eigenvalue weighted by Crippen LogP contribution is -2.34. The fourth-order valence-electron chi connectivity index (χ4n) is 4.02. The second-order valence-corrected chi connectivity index (χ2v) is 10.3. The van der Waals surface area contributed by atoms with Crippen LogP contribution in [0.3, 0.4) is 0 Å². The molecule has 13 heteroatoms. The zero-order valence-electron chi connectivity index (χ0n) is 19.6. The van der Waals surface area contributed by atoms with Gasteiger partial charge in [-0.25, -0.2) is 4.98 Å². The zero-order chi connectivity index (χ0) is 27.9. The molecule has 0 fully saturated rings. The highest BCUT2D eigenvalue weighted by Crippen LogP contribution is 2.44. The van der Waals surface area contributed by atoms with Crippen molar-refractivity contribution in [2.45, 2.75) is 23.1 Å². The summed E-state index contributed by atoms with van der Waals surface area (Å²) in [5.74, 6) is 0.247. The Balaban J connectivity index is 1.35. The van der Waals surface area contributed by atoms with Crippen LogP contribution in [-0.2, 0) is 11.9 Å². The van der Waals surface area contributed by atoms with Crippen molar-refractivity contribution in [3.63, 3.8) is 0 Å². The Bertz CT molecular complexity index is 1610. The molecule has 0 bridgehead atoms. The van der Waals surface area contributed by atoms with Crippen molar-refractivity contribution in [2.75, 3.05) is 5.73 Å². The minimum atomic E-state index is -4.59. The lowest BCUT2D eigenvalue weighted by molar-refractivity contribution is -0.136. The number of fused-ring (bicyclic) bond motifs is 2. The van der Waals surface area contributed by atoms with E-state index >= 15 is 0 Å². The van der Waals surface area contributed by atoms with Gasteiger partial charge in [-0.05, 0) is 42.0 Å². The molecule has 0 atom stereocenters. The van der Waals surface area contributed by atoms with E-state index in [-0.39, 0.29) is 22.2 Å². The summed E-state index contributed by atoms with van der Waals surface area (Å²) in [5.41, 5.74) is 4.76. The molecule has 3 aromatic carbocycles. The highest BCUT2D eigenvalue weighted by atomic mass is 35.5. The quantitative estimate of drug-likeness (QED) is 0.137.